The van der Waals surface area contributed by atoms with Crippen molar-refractivity contribution in [2.45, 2.75) is 44.1 Å². The van der Waals surface area contributed by atoms with Crippen molar-refractivity contribution in [3.8, 4) is 23.5 Å². The molecule has 1 unspecified atom stereocenters. The molecule has 3 N–H and O–H groups in total. The summed E-state index contributed by atoms with van der Waals surface area (Å²) in [5.74, 6) is 0.921. The van der Waals surface area contributed by atoms with Gasteiger partial charge in [0.15, 0.2) is 0 Å². The molecule has 35 heavy (non-hydrogen) atoms. The maximum atomic E-state index is 12.4. The molecule has 0 aliphatic heterocycles. The smallest absolute Gasteiger partial charge is 0.407 e. The van der Waals surface area contributed by atoms with Gasteiger partial charge in [-0.3, -0.25) is 4.79 Å². The quantitative estimate of drug-likeness (QED) is 0.503. The summed E-state index contributed by atoms with van der Waals surface area (Å²) in [5.41, 5.74) is 4.72. The Morgan fingerprint density at radius 3 is 2.17 bits per heavy atom. The second kappa shape index (κ2) is 11.1. The zero-order valence-electron chi connectivity index (χ0n) is 19.5. The second-order valence-electron chi connectivity index (χ2n) is 9.23. The minimum atomic E-state index is -1.13. The Hall–Kier alpha value is -3.79. The largest absolute Gasteiger partial charge is 0.480 e. The van der Waals surface area contributed by atoms with Gasteiger partial charge in [0.25, 0.3) is 0 Å². The average molecular weight is 475 g/mol. The fourth-order valence-electron chi connectivity index (χ4n) is 5.11. The lowest BCUT2D eigenvalue weighted by atomic mass is 9.81. The number of fused-ring (bicyclic) bond motifs is 3. The molecule has 7 nitrogen and oxygen atoms in total. The minimum Gasteiger partial charge on any atom is -0.480 e. The van der Waals surface area contributed by atoms with Crippen molar-refractivity contribution in [2.24, 2.45) is 11.8 Å². The van der Waals surface area contributed by atoms with E-state index in [1.807, 2.05) is 24.3 Å². The van der Waals surface area contributed by atoms with Gasteiger partial charge in [0, 0.05) is 24.8 Å². The number of hydrogen-bond acceptors (Lipinski definition) is 4. The first-order valence-electron chi connectivity index (χ1n) is 12.0. The van der Waals surface area contributed by atoms with Crippen LogP contribution in [-0.4, -0.2) is 42.3 Å². The van der Waals surface area contributed by atoms with Crippen molar-refractivity contribution in [3.05, 3.63) is 59.7 Å². The third-order valence-corrected chi connectivity index (χ3v) is 7.03. The predicted molar refractivity (Wildman–Crippen MR) is 132 cm³/mol. The summed E-state index contributed by atoms with van der Waals surface area (Å²) in [6.45, 7) is 0.759. The summed E-state index contributed by atoms with van der Waals surface area (Å²) < 4.78 is 5.59. The van der Waals surface area contributed by atoms with Gasteiger partial charge in [-0.05, 0) is 53.9 Å². The number of carboxylic acids is 1. The summed E-state index contributed by atoms with van der Waals surface area (Å²) in [6, 6.07) is 15.4. The predicted octanol–water partition coefficient (Wildman–Crippen LogP) is 3.92. The summed E-state index contributed by atoms with van der Waals surface area (Å²) in [7, 11) is 0. The van der Waals surface area contributed by atoms with Crippen LogP contribution in [0.2, 0.25) is 0 Å². The molecule has 2 aliphatic carbocycles. The number of aliphatic carboxylic acids is 1. The van der Waals surface area contributed by atoms with Crippen LogP contribution in [-0.2, 0) is 14.3 Å². The molecule has 0 bridgehead atoms. The van der Waals surface area contributed by atoms with Crippen LogP contribution in [0.4, 0.5) is 4.79 Å². The van der Waals surface area contributed by atoms with Crippen molar-refractivity contribution >= 4 is 18.0 Å². The van der Waals surface area contributed by atoms with Crippen LogP contribution in [0.1, 0.15) is 49.1 Å². The Bertz CT molecular complexity index is 1080. The molecular weight excluding hydrogens is 444 g/mol. The molecule has 2 amide bonds. The summed E-state index contributed by atoms with van der Waals surface area (Å²) >= 11 is 0. The molecule has 0 heterocycles. The Kier molecular flexibility index (Phi) is 7.71. The van der Waals surface area contributed by atoms with Gasteiger partial charge in [-0.1, -0.05) is 48.5 Å². The first-order valence-corrected chi connectivity index (χ1v) is 12.0. The third-order valence-electron chi connectivity index (χ3n) is 7.03. The van der Waals surface area contributed by atoms with Gasteiger partial charge in [0.2, 0.25) is 5.91 Å². The molecule has 7 heteroatoms. The Morgan fingerprint density at radius 2 is 1.60 bits per heavy atom. The highest BCUT2D eigenvalue weighted by Crippen LogP contribution is 2.44. The van der Waals surface area contributed by atoms with Gasteiger partial charge in [0.1, 0.15) is 12.6 Å². The molecular formula is C28H30N2O5. The topological polar surface area (TPSA) is 105 Å². The van der Waals surface area contributed by atoms with Crippen molar-refractivity contribution in [1.82, 2.24) is 10.6 Å². The van der Waals surface area contributed by atoms with E-state index in [1.54, 1.807) is 0 Å². The zero-order valence-corrected chi connectivity index (χ0v) is 19.5. The van der Waals surface area contributed by atoms with Crippen LogP contribution < -0.4 is 10.6 Å². The monoisotopic (exact) mass is 474 g/mol. The number of alkyl carbamates (subject to hydrolysis) is 1. The van der Waals surface area contributed by atoms with E-state index in [-0.39, 0.29) is 36.7 Å². The highest BCUT2D eigenvalue weighted by atomic mass is 16.5. The van der Waals surface area contributed by atoms with E-state index in [0.29, 0.717) is 19.4 Å². The molecule has 0 aromatic heterocycles. The van der Waals surface area contributed by atoms with Crippen LogP contribution in [0, 0.1) is 24.2 Å². The minimum absolute atomic E-state index is 0.0196. The fraction of sp³-hybridized carbons (Fsp3) is 0.393. The van der Waals surface area contributed by atoms with Crippen LogP contribution in [0.15, 0.2) is 48.5 Å². The van der Waals surface area contributed by atoms with E-state index >= 15 is 0 Å². The van der Waals surface area contributed by atoms with Gasteiger partial charge in [-0.15, -0.1) is 12.3 Å². The average Bonchev–Trinajstić information content (AvgIpc) is 3.20. The summed E-state index contributed by atoms with van der Waals surface area (Å²) in [4.78, 5) is 36.0. The summed E-state index contributed by atoms with van der Waals surface area (Å²) in [6.07, 6.45) is 7.54. The zero-order chi connectivity index (χ0) is 24.8. The Morgan fingerprint density at radius 1 is 1.00 bits per heavy atom. The number of carbonyl (C=O) groups excluding carboxylic acids is 2. The van der Waals surface area contributed by atoms with Crippen molar-refractivity contribution in [3.63, 3.8) is 0 Å². The maximum Gasteiger partial charge on any atom is 0.407 e. The first-order chi connectivity index (χ1) is 17.0. The molecule has 4 rings (SSSR count). The van der Waals surface area contributed by atoms with Crippen LogP contribution in [0.3, 0.4) is 0 Å². The van der Waals surface area contributed by atoms with E-state index < -0.39 is 18.1 Å². The molecule has 2 aromatic carbocycles. The summed E-state index contributed by atoms with van der Waals surface area (Å²) in [5, 5.41) is 14.6. The standard InChI is InChI=1S/C28H30N2O5/c1-2-7-25(27(32)33)30-26(31)19-14-12-18(13-15-19)16-29-28(34)35-17-24-22-10-5-3-8-20(22)21-9-4-6-11-23(21)24/h1,3-6,8-11,18-19,24-25H,7,12-17H2,(H,29,34)(H,30,31)(H,32,33). The van der Waals surface area contributed by atoms with Crippen LogP contribution in [0.5, 0.6) is 0 Å². The van der Waals surface area contributed by atoms with E-state index in [0.717, 1.165) is 12.8 Å². The number of hydrogen-bond donors (Lipinski definition) is 3. The van der Waals surface area contributed by atoms with Gasteiger partial charge < -0.3 is 20.5 Å². The SMILES string of the molecule is C#CCC(NC(=O)C1CCC(CNC(=O)OCC2c3ccccc3-c3ccccc32)CC1)C(=O)O. The van der Waals surface area contributed by atoms with E-state index in [9.17, 15) is 14.4 Å². The highest BCUT2D eigenvalue weighted by molar-refractivity contribution is 5.85. The Balaban J connectivity index is 1.21. The van der Waals surface area contributed by atoms with E-state index in [4.69, 9.17) is 16.3 Å². The molecule has 2 aliphatic rings. The third kappa shape index (κ3) is 5.65. The maximum absolute atomic E-state index is 12.4. The number of amides is 2. The van der Waals surface area contributed by atoms with Crippen LogP contribution >= 0.6 is 0 Å². The van der Waals surface area contributed by atoms with E-state index in [1.165, 1.54) is 22.3 Å². The lowest BCUT2D eigenvalue weighted by Crippen LogP contribution is -2.44. The molecule has 1 atom stereocenters. The number of terminal acetylenes is 1. The number of ether oxygens (including phenoxy) is 1. The number of nitrogens with one attached hydrogen (secondary N) is 2. The van der Waals surface area contributed by atoms with Gasteiger partial charge in [-0.25, -0.2) is 9.59 Å². The van der Waals surface area contributed by atoms with Gasteiger partial charge >= 0.3 is 12.1 Å². The number of rotatable bonds is 8. The highest BCUT2D eigenvalue weighted by Gasteiger charge is 2.31. The molecule has 182 valence electrons. The lowest BCUT2D eigenvalue weighted by Gasteiger charge is -2.28. The molecule has 1 saturated carbocycles. The normalized spacial score (nSPS) is 19.5. The van der Waals surface area contributed by atoms with E-state index in [2.05, 4.69) is 40.8 Å². The van der Waals surface area contributed by atoms with Gasteiger partial charge in [0.05, 0.1) is 0 Å². The fourth-order valence-corrected chi connectivity index (χ4v) is 5.11. The molecule has 0 spiro atoms. The first kappa shape index (κ1) is 24.3. The molecule has 2 aromatic rings. The van der Waals surface area contributed by atoms with Crippen molar-refractivity contribution < 1.29 is 24.2 Å². The number of benzene rings is 2. The Labute approximate surface area is 205 Å². The lowest BCUT2D eigenvalue weighted by molar-refractivity contribution is -0.142. The molecule has 0 saturated heterocycles. The van der Waals surface area contributed by atoms with Crippen LogP contribution in [0.25, 0.3) is 11.1 Å². The number of carbonyl (C=O) groups is 3. The van der Waals surface area contributed by atoms with Gasteiger partial charge in [-0.2, -0.15) is 0 Å². The molecule has 0 radical (unpaired) electrons. The van der Waals surface area contributed by atoms with Crippen molar-refractivity contribution in [2.75, 3.05) is 13.2 Å². The molecule has 1 fully saturated rings. The second-order valence-corrected chi connectivity index (χ2v) is 9.23. The number of carboxylic acid groups (broad SMARTS) is 1. The van der Waals surface area contributed by atoms with Crippen molar-refractivity contribution in [1.29, 1.82) is 0 Å².